The molecule has 20 heavy (non-hydrogen) atoms. The molecule has 0 unspecified atom stereocenters. The van der Waals surface area contributed by atoms with E-state index >= 15 is 0 Å². The standard InChI is InChI=1S/C16H24N4/c1-16(2,3)14-11-13-15(17-9-10-20(13)19-14)18-12-7-5-4-6-8-12/h9-12H,4-8H2,1-3H3,(H,17,18). The predicted octanol–water partition coefficient (Wildman–Crippen LogP) is 3.77. The topological polar surface area (TPSA) is 42.2 Å². The van der Waals surface area contributed by atoms with Gasteiger partial charge in [-0.25, -0.2) is 9.50 Å². The first-order valence-corrected chi connectivity index (χ1v) is 7.65. The van der Waals surface area contributed by atoms with Crippen LogP contribution in [0.15, 0.2) is 18.5 Å². The lowest BCUT2D eigenvalue weighted by atomic mass is 9.92. The fourth-order valence-corrected chi connectivity index (χ4v) is 2.84. The Bertz CT molecular complexity index is 588. The van der Waals surface area contributed by atoms with Gasteiger partial charge in [0.2, 0.25) is 0 Å². The largest absolute Gasteiger partial charge is 0.366 e. The Balaban J connectivity index is 1.92. The maximum Gasteiger partial charge on any atom is 0.152 e. The zero-order valence-electron chi connectivity index (χ0n) is 12.7. The number of nitrogens with one attached hydrogen (secondary N) is 1. The van der Waals surface area contributed by atoms with E-state index in [0.29, 0.717) is 6.04 Å². The molecule has 2 heterocycles. The molecule has 3 rings (SSSR count). The van der Waals surface area contributed by atoms with Crippen LogP contribution < -0.4 is 5.32 Å². The summed E-state index contributed by atoms with van der Waals surface area (Å²) >= 11 is 0. The minimum atomic E-state index is 0.0636. The SMILES string of the molecule is CC(C)(C)c1cc2c(NC3CCCCC3)nccn2n1. The quantitative estimate of drug-likeness (QED) is 0.905. The van der Waals surface area contributed by atoms with Crippen LogP contribution in [-0.2, 0) is 5.41 Å². The monoisotopic (exact) mass is 272 g/mol. The van der Waals surface area contributed by atoms with Crippen LogP contribution in [0.3, 0.4) is 0 Å². The van der Waals surface area contributed by atoms with E-state index in [-0.39, 0.29) is 5.41 Å². The number of nitrogens with zero attached hydrogens (tertiary/aromatic N) is 3. The molecule has 1 N–H and O–H groups in total. The van der Waals surface area contributed by atoms with Crippen LogP contribution in [0.4, 0.5) is 5.82 Å². The van der Waals surface area contributed by atoms with Crippen LogP contribution in [0.2, 0.25) is 0 Å². The third-order valence-electron chi connectivity index (χ3n) is 4.10. The van der Waals surface area contributed by atoms with E-state index in [1.165, 1.54) is 32.1 Å². The molecule has 0 amide bonds. The van der Waals surface area contributed by atoms with Crippen LogP contribution in [0, 0.1) is 0 Å². The minimum absolute atomic E-state index is 0.0636. The summed E-state index contributed by atoms with van der Waals surface area (Å²) in [6.07, 6.45) is 10.3. The molecule has 0 aliphatic heterocycles. The van der Waals surface area contributed by atoms with Gasteiger partial charge >= 0.3 is 0 Å². The van der Waals surface area contributed by atoms with Crippen LogP contribution in [0.25, 0.3) is 5.52 Å². The number of aromatic nitrogens is 3. The van der Waals surface area contributed by atoms with E-state index < -0.39 is 0 Å². The molecule has 2 aromatic heterocycles. The molecule has 0 aromatic carbocycles. The molecule has 1 fully saturated rings. The molecule has 0 spiro atoms. The van der Waals surface area contributed by atoms with Gasteiger partial charge in [-0.15, -0.1) is 0 Å². The van der Waals surface area contributed by atoms with Crippen molar-refractivity contribution in [2.75, 3.05) is 5.32 Å². The molecule has 4 nitrogen and oxygen atoms in total. The molecule has 0 bridgehead atoms. The second-order valence-electron chi connectivity index (χ2n) is 6.86. The maximum atomic E-state index is 4.67. The zero-order valence-corrected chi connectivity index (χ0v) is 12.7. The summed E-state index contributed by atoms with van der Waals surface area (Å²) < 4.78 is 1.94. The molecule has 0 radical (unpaired) electrons. The number of rotatable bonds is 2. The number of anilines is 1. The van der Waals surface area contributed by atoms with E-state index in [1.807, 2.05) is 16.9 Å². The lowest BCUT2D eigenvalue weighted by molar-refractivity contribution is 0.462. The molecule has 4 heteroatoms. The smallest absolute Gasteiger partial charge is 0.152 e. The van der Waals surface area contributed by atoms with Gasteiger partial charge < -0.3 is 5.32 Å². The summed E-state index contributed by atoms with van der Waals surface area (Å²) in [5, 5.41) is 8.29. The first kappa shape index (κ1) is 13.4. The third kappa shape index (κ3) is 2.65. The van der Waals surface area contributed by atoms with Crippen LogP contribution >= 0.6 is 0 Å². The maximum absolute atomic E-state index is 4.67. The molecular weight excluding hydrogens is 248 g/mol. The number of hydrogen-bond donors (Lipinski definition) is 1. The van der Waals surface area contributed by atoms with Gasteiger partial charge in [0.15, 0.2) is 5.82 Å². The van der Waals surface area contributed by atoms with E-state index in [2.05, 4.69) is 42.2 Å². The van der Waals surface area contributed by atoms with Crippen molar-refractivity contribution in [1.29, 1.82) is 0 Å². The van der Waals surface area contributed by atoms with Crippen LogP contribution in [0.5, 0.6) is 0 Å². The molecule has 1 saturated carbocycles. The van der Waals surface area contributed by atoms with Gasteiger partial charge in [0.05, 0.1) is 5.69 Å². The predicted molar refractivity (Wildman–Crippen MR) is 82.2 cm³/mol. The highest BCUT2D eigenvalue weighted by Crippen LogP contribution is 2.26. The van der Waals surface area contributed by atoms with Crippen molar-refractivity contribution in [3.63, 3.8) is 0 Å². The minimum Gasteiger partial charge on any atom is -0.366 e. The average molecular weight is 272 g/mol. The summed E-state index contributed by atoms with van der Waals surface area (Å²) in [6.45, 7) is 6.57. The lowest BCUT2D eigenvalue weighted by Gasteiger charge is -2.23. The Morgan fingerprint density at radius 3 is 2.65 bits per heavy atom. The summed E-state index contributed by atoms with van der Waals surface area (Å²) in [5.41, 5.74) is 2.26. The molecule has 1 aliphatic rings. The second kappa shape index (κ2) is 5.08. The van der Waals surface area contributed by atoms with Crippen molar-refractivity contribution in [1.82, 2.24) is 14.6 Å². The van der Waals surface area contributed by atoms with E-state index in [0.717, 1.165) is 17.0 Å². The highest BCUT2D eigenvalue weighted by molar-refractivity contribution is 5.68. The van der Waals surface area contributed by atoms with Gasteiger partial charge in [-0.3, -0.25) is 0 Å². The summed E-state index contributed by atoms with van der Waals surface area (Å²) in [5.74, 6) is 0.974. The van der Waals surface area contributed by atoms with Crippen molar-refractivity contribution in [3.8, 4) is 0 Å². The van der Waals surface area contributed by atoms with Crippen LogP contribution in [0.1, 0.15) is 58.6 Å². The molecule has 1 aliphatic carbocycles. The fourth-order valence-electron chi connectivity index (χ4n) is 2.84. The highest BCUT2D eigenvalue weighted by atomic mass is 15.2. The lowest BCUT2D eigenvalue weighted by Crippen LogP contribution is -2.23. The molecule has 0 atom stereocenters. The van der Waals surface area contributed by atoms with Gasteiger partial charge in [0.25, 0.3) is 0 Å². The van der Waals surface area contributed by atoms with Gasteiger partial charge in [0.1, 0.15) is 5.52 Å². The van der Waals surface area contributed by atoms with Crippen molar-refractivity contribution < 1.29 is 0 Å². The highest BCUT2D eigenvalue weighted by Gasteiger charge is 2.20. The zero-order chi connectivity index (χ0) is 14.2. The van der Waals surface area contributed by atoms with Crippen molar-refractivity contribution >= 4 is 11.3 Å². The normalized spacial score (nSPS) is 17.6. The Labute approximate surface area is 120 Å². The third-order valence-corrected chi connectivity index (χ3v) is 4.10. The van der Waals surface area contributed by atoms with Crippen molar-refractivity contribution in [2.24, 2.45) is 0 Å². The Morgan fingerprint density at radius 1 is 1.20 bits per heavy atom. The Kier molecular flexibility index (Phi) is 3.40. The van der Waals surface area contributed by atoms with Gasteiger partial charge in [0, 0.05) is 23.9 Å². The first-order chi connectivity index (χ1) is 9.54. The Hall–Kier alpha value is -1.58. The fraction of sp³-hybridized carbons (Fsp3) is 0.625. The molecular formula is C16H24N4. The Morgan fingerprint density at radius 2 is 1.95 bits per heavy atom. The van der Waals surface area contributed by atoms with E-state index in [9.17, 15) is 0 Å². The van der Waals surface area contributed by atoms with Gasteiger partial charge in [-0.1, -0.05) is 40.0 Å². The van der Waals surface area contributed by atoms with E-state index in [1.54, 1.807) is 0 Å². The van der Waals surface area contributed by atoms with E-state index in [4.69, 9.17) is 0 Å². The molecule has 0 saturated heterocycles. The summed E-state index contributed by atoms with van der Waals surface area (Å²) in [7, 11) is 0. The second-order valence-corrected chi connectivity index (χ2v) is 6.86. The summed E-state index contributed by atoms with van der Waals surface area (Å²) in [4.78, 5) is 4.52. The molecule has 108 valence electrons. The van der Waals surface area contributed by atoms with Gasteiger partial charge in [-0.2, -0.15) is 5.10 Å². The van der Waals surface area contributed by atoms with Crippen molar-refractivity contribution in [2.45, 2.75) is 64.3 Å². The average Bonchev–Trinajstić information content (AvgIpc) is 2.85. The van der Waals surface area contributed by atoms with Crippen LogP contribution in [-0.4, -0.2) is 20.6 Å². The van der Waals surface area contributed by atoms with Gasteiger partial charge in [-0.05, 0) is 18.9 Å². The summed E-state index contributed by atoms with van der Waals surface area (Å²) in [6, 6.07) is 2.73. The van der Waals surface area contributed by atoms with Crippen molar-refractivity contribution in [3.05, 3.63) is 24.2 Å². The number of hydrogen-bond acceptors (Lipinski definition) is 3. The molecule has 2 aromatic rings. The first-order valence-electron chi connectivity index (χ1n) is 7.65. The number of fused-ring (bicyclic) bond motifs is 1.